The van der Waals surface area contributed by atoms with E-state index < -0.39 is 0 Å². The lowest BCUT2D eigenvalue weighted by atomic mass is 10.1. The van der Waals surface area contributed by atoms with Crippen molar-refractivity contribution in [1.29, 1.82) is 0 Å². The first-order valence-corrected chi connectivity index (χ1v) is 8.91. The van der Waals surface area contributed by atoms with Gasteiger partial charge in [-0.2, -0.15) is 5.10 Å². The molecule has 5 nitrogen and oxygen atoms in total. The minimum absolute atomic E-state index is 0.0209. The number of carbonyl (C=O) groups excluding carboxylic acids is 1. The van der Waals surface area contributed by atoms with Gasteiger partial charge in [0.2, 0.25) is 5.91 Å². The maximum absolute atomic E-state index is 12.0. The second kappa shape index (κ2) is 8.34. The van der Waals surface area contributed by atoms with E-state index in [1.165, 1.54) is 0 Å². The summed E-state index contributed by atoms with van der Waals surface area (Å²) in [5.41, 5.74) is 3.75. The average Bonchev–Trinajstić information content (AvgIpc) is 3.08. The molecule has 0 aliphatic heterocycles. The Labute approximate surface area is 162 Å². The van der Waals surface area contributed by atoms with Crippen LogP contribution in [0.15, 0.2) is 48.9 Å². The lowest BCUT2D eigenvalue weighted by molar-refractivity contribution is -0.121. The number of carbonyl (C=O) groups is 1. The predicted octanol–water partition coefficient (Wildman–Crippen LogP) is 4.04. The monoisotopic (exact) mass is 388 g/mol. The Bertz CT molecular complexity index is 906. The zero-order chi connectivity index (χ0) is 18.5. The van der Waals surface area contributed by atoms with E-state index in [-0.39, 0.29) is 5.91 Å². The molecular formula is C19H18Cl2N4O. The van der Waals surface area contributed by atoms with Crippen molar-refractivity contribution < 1.29 is 4.79 Å². The van der Waals surface area contributed by atoms with E-state index in [0.717, 1.165) is 22.4 Å². The van der Waals surface area contributed by atoms with Gasteiger partial charge < -0.3 is 5.32 Å². The highest BCUT2D eigenvalue weighted by molar-refractivity contribution is 6.42. The second-order valence-electron chi connectivity index (χ2n) is 5.98. The number of amides is 1. The van der Waals surface area contributed by atoms with Crippen LogP contribution in [0, 0.1) is 0 Å². The molecule has 0 spiro atoms. The third kappa shape index (κ3) is 4.84. The summed E-state index contributed by atoms with van der Waals surface area (Å²) in [6, 6.07) is 9.29. The van der Waals surface area contributed by atoms with Gasteiger partial charge in [-0.3, -0.25) is 14.5 Å². The van der Waals surface area contributed by atoms with Crippen LogP contribution in [0.4, 0.5) is 0 Å². The fourth-order valence-corrected chi connectivity index (χ4v) is 2.82. The number of nitrogens with one attached hydrogen (secondary N) is 1. The molecule has 134 valence electrons. The van der Waals surface area contributed by atoms with Crippen LogP contribution >= 0.6 is 23.2 Å². The third-order valence-corrected chi connectivity index (χ3v) is 4.68. The molecule has 3 aromatic rings. The first kappa shape index (κ1) is 18.4. The predicted molar refractivity (Wildman–Crippen MR) is 103 cm³/mol. The fourth-order valence-electron chi connectivity index (χ4n) is 2.50. The van der Waals surface area contributed by atoms with E-state index in [2.05, 4.69) is 15.4 Å². The Balaban J connectivity index is 1.48. The van der Waals surface area contributed by atoms with Gasteiger partial charge in [0.25, 0.3) is 0 Å². The van der Waals surface area contributed by atoms with E-state index >= 15 is 0 Å². The third-order valence-electron chi connectivity index (χ3n) is 3.94. The van der Waals surface area contributed by atoms with Crippen molar-refractivity contribution in [1.82, 2.24) is 20.1 Å². The molecule has 1 aromatic carbocycles. The van der Waals surface area contributed by atoms with Gasteiger partial charge in [0.1, 0.15) is 0 Å². The molecule has 26 heavy (non-hydrogen) atoms. The summed E-state index contributed by atoms with van der Waals surface area (Å²) in [4.78, 5) is 16.5. The smallest absolute Gasteiger partial charge is 0.220 e. The van der Waals surface area contributed by atoms with Crippen LogP contribution in [-0.4, -0.2) is 20.7 Å². The SMILES string of the molecule is Cn1cc(-c2ccc(CNC(=O)CCc3ccc(Cl)c(Cl)c3)cn2)cn1. The molecule has 0 radical (unpaired) electrons. The molecule has 0 fully saturated rings. The van der Waals surface area contributed by atoms with E-state index in [1.54, 1.807) is 29.2 Å². The molecule has 2 heterocycles. The summed E-state index contributed by atoms with van der Waals surface area (Å²) < 4.78 is 1.74. The second-order valence-corrected chi connectivity index (χ2v) is 6.79. The lowest BCUT2D eigenvalue weighted by Gasteiger charge is -2.07. The highest BCUT2D eigenvalue weighted by Crippen LogP contribution is 2.23. The molecular weight excluding hydrogens is 371 g/mol. The minimum Gasteiger partial charge on any atom is -0.352 e. The summed E-state index contributed by atoms with van der Waals surface area (Å²) in [6.45, 7) is 0.445. The van der Waals surface area contributed by atoms with E-state index in [1.807, 2.05) is 31.4 Å². The molecule has 1 amide bonds. The van der Waals surface area contributed by atoms with Gasteiger partial charge in [0.15, 0.2) is 0 Å². The standard InChI is InChI=1S/C19H18Cl2N4O/c1-25-12-15(11-24-25)18-6-3-14(9-22-18)10-23-19(26)7-4-13-2-5-16(20)17(21)8-13/h2-3,5-6,8-9,11-12H,4,7,10H2,1H3,(H,23,26). The summed E-state index contributed by atoms with van der Waals surface area (Å²) in [6.07, 6.45) is 6.45. The zero-order valence-corrected chi connectivity index (χ0v) is 15.8. The highest BCUT2D eigenvalue weighted by atomic mass is 35.5. The lowest BCUT2D eigenvalue weighted by Crippen LogP contribution is -2.23. The largest absolute Gasteiger partial charge is 0.352 e. The number of rotatable bonds is 6. The van der Waals surface area contributed by atoms with Crippen molar-refractivity contribution in [2.45, 2.75) is 19.4 Å². The molecule has 2 aromatic heterocycles. The van der Waals surface area contributed by atoms with Crippen molar-refractivity contribution >= 4 is 29.1 Å². The quantitative estimate of drug-likeness (QED) is 0.692. The van der Waals surface area contributed by atoms with E-state index in [9.17, 15) is 4.79 Å². The Morgan fingerprint density at radius 1 is 1.12 bits per heavy atom. The van der Waals surface area contributed by atoms with Gasteiger partial charge in [-0.1, -0.05) is 35.3 Å². The average molecular weight is 389 g/mol. The zero-order valence-electron chi connectivity index (χ0n) is 14.2. The number of aryl methyl sites for hydroxylation is 2. The number of nitrogens with zero attached hydrogens (tertiary/aromatic N) is 3. The molecule has 7 heteroatoms. The number of aromatic nitrogens is 3. The van der Waals surface area contributed by atoms with Gasteiger partial charge in [0.05, 0.1) is 21.9 Å². The van der Waals surface area contributed by atoms with Crippen molar-refractivity contribution in [3.8, 4) is 11.3 Å². The van der Waals surface area contributed by atoms with E-state index in [4.69, 9.17) is 23.2 Å². The first-order chi connectivity index (χ1) is 12.5. The van der Waals surface area contributed by atoms with Crippen LogP contribution in [-0.2, 0) is 24.8 Å². The molecule has 0 aliphatic rings. The summed E-state index contributed by atoms with van der Waals surface area (Å²) in [5, 5.41) is 8.06. The van der Waals surface area contributed by atoms with Crippen LogP contribution in [0.25, 0.3) is 11.3 Å². The summed E-state index contributed by atoms with van der Waals surface area (Å²) in [7, 11) is 1.87. The molecule has 0 saturated heterocycles. The number of halogens is 2. The van der Waals surface area contributed by atoms with Crippen molar-refractivity contribution in [2.24, 2.45) is 7.05 Å². The number of benzene rings is 1. The molecule has 1 N–H and O–H groups in total. The van der Waals surface area contributed by atoms with Crippen molar-refractivity contribution in [2.75, 3.05) is 0 Å². The highest BCUT2D eigenvalue weighted by Gasteiger charge is 2.06. The summed E-state index contributed by atoms with van der Waals surface area (Å²) in [5.74, 6) is -0.0209. The van der Waals surface area contributed by atoms with Crippen LogP contribution in [0.1, 0.15) is 17.5 Å². The molecule has 0 aliphatic carbocycles. The Morgan fingerprint density at radius 2 is 1.92 bits per heavy atom. The van der Waals surface area contributed by atoms with Crippen LogP contribution in [0.3, 0.4) is 0 Å². The van der Waals surface area contributed by atoms with Crippen LogP contribution in [0.2, 0.25) is 10.0 Å². The molecule has 0 saturated carbocycles. The van der Waals surface area contributed by atoms with Gasteiger partial charge in [-0.25, -0.2) is 0 Å². The first-order valence-electron chi connectivity index (χ1n) is 8.16. The normalized spacial score (nSPS) is 10.7. The van der Waals surface area contributed by atoms with Crippen molar-refractivity contribution in [3.05, 3.63) is 70.1 Å². The topological polar surface area (TPSA) is 59.8 Å². The molecule has 0 bridgehead atoms. The van der Waals surface area contributed by atoms with Gasteiger partial charge in [-0.15, -0.1) is 0 Å². The van der Waals surface area contributed by atoms with E-state index in [0.29, 0.717) is 29.4 Å². The van der Waals surface area contributed by atoms with Gasteiger partial charge in [0, 0.05) is 38.0 Å². The van der Waals surface area contributed by atoms with Gasteiger partial charge in [-0.05, 0) is 35.7 Å². The van der Waals surface area contributed by atoms with Crippen molar-refractivity contribution in [3.63, 3.8) is 0 Å². The Morgan fingerprint density at radius 3 is 2.58 bits per heavy atom. The Hall–Kier alpha value is -2.37. The van der Waals surface area contributed by atoms with Gasteiger partial charge >= 0.3 is 0 Å². The number of hydrogen-bond donors (Lipinski definition) is 1. The van der Waals surface area contributed by atoms with Crippen LogP contribution < -0.4 is 5.32 Å². The molecule has 0 atom stereocenters. The maximum Gasteiger partial charge on any atom is 0.220 e. The van der Waals surface area contributed by atoms with Crippen LogP contribution in [0.5, 0.6) is 0 Å². The minimum atomic E-state index is -0.0209. The molecule has 3 rings (SSSR count). The summed E-state index contributed by atoms with van der Waals surface area (Å²) >= 11 is 11.9. The fraction of sp³-hybridized carbons (Fsp3) is 0.211. The maximum atomic E-state index is 12.0. The Kier molecular flexibility index (Phi) is 5.91. The molecule has 0 unspecified atom stereocenters. The number of hydrogen-bond acceptors (Lipinski definition) is 3. The number of pyridine rings is 1.